The predicted molar refractivity (Wildman–Crippen MR) is 66.7 cm³/mol. The van der Waals surface area contributed by atoms with Gasteiger partial charge in [-0.2, -0.15) is 5.10 Å². The second kappa shape index (κ2) is 3.54. The molecule has 2 aromatic heterocycles. The minimum absolute atomic E-state index is 0.556. The standard InChI is InChI=1S/C9H8BrN3S2/c10-6-3-4-15-7(6)8-11-12-9(14)13(8)5-1-2-5/h3-5H,1-2H2,(H,12,14). The Morgan fingerprint density at radius 2 is 2.40 bits per heavy atom. The molecule has 0 radical (unpaired) electrons. The van der Waals surface area contributed by atoms with Crippen LogP contribution in [0.5, 0.6) is 0 Å². The van der Waals surface area contributed by atoms with Crippen molar-refractivity contribution in [3.05, 3.63) is 20.7 Å². The number of nitrogens with one attached hydrogen (secondary N) is 1. The molecule has 0 bridgehead atoms. The smallest absolute Gasteiger partial charge is 0.195 e. The van der Waals surface area contributed by atoms with Crippen LogP contribution in [0.3, 0.4) is 0 Å². The van der Waals surface area contributed by atoms with Crippen LogP contribution in [0.4, 0.5) is 0 Å². The van der Waals surface area contributed by atoms with Crippen LogP contribution in [0.2, 0.25) is 0 Å². The van der Waals surface area contributed by atoms with Crippen molar-refractivity contribution in [1.82, 2.24) is 14.8 Å². The Hall–Kier alpha value is -0.460. The summed E-state index contributed by atoms with van der Waals surface area (Å²) in [6.45, 7) is 0. The highest BCUT2D eigenvalue weighted by Gasteiger charge is 2.28. The molecular formula is C9H8BrN3S2. The summed E-state index contributed by atoms with van der Waals surface area (Å²) in [5, 5.41) is 9.23. The van der Waals surface area contributed by atoms with E-state index in [-0.39, 0.29) is 0 Å². The molecule has 1 aliphatic rings. The fourth-order valence-corrected chi connectivity index (χ4v) is 3.41. The number of aromatic nitrogens is 3. The van der Waals surface area contributed by atoms with Gasteiger partial charge in [-0.3, -0.25) is 9.67 Å². The first kappa shape index (κ1) is 9.74. The first-order valence-electron chi connectivity index (χ1n) is 4.67. The third kappa shape index (κ3) is 1.60. The van der Waals surface area contributed by atoms with Gasteiger partial charge in [-0.15, -0.1) is 11.3 Å². The molecular weight excluding hydrogens is 294 g/mol. The number of hydrogen-bond donors (Lipinski definition) is 1. The molecule has 78 valence electrons. The fraction of sp³-hybridized carbons (Fsp3) is 0.333. The topological polar surface area (TPSA) is 33.6 Å². The number of rotatable bonds is 2. The second-order valence-electron chi connectivity index (χ2n) is 3.55. The molecule has 1 saturated carbocycles. The Labute approximate surface area is 104 Å². The van der Waals surface area contributed by atoms with Crippen molar-refractivity contribution in [2.75, 3.05) is 0 Å². The highest BCUT2D eigenvalue weighted by atomic mass is 79.9. The monoisotopic (exact) mass is 301 g/mol. The first-order valence-corrected chi connectivity index (χ1v) is 6.75. The van der Waals surface area contributed by atoms with Crippen LogP contribution >= 0.6 is 39.5 Å². The number of hydrogen-bond acceptors (Lipinski definition) is 3. The molecule has 3 rings (SSSR count). The van der Waals surface area contributed by atoms with Gasteiger partial charge >= 0.3 is 0 Å². The quantitative estimate of drug-likeness (QED) is 0.857. The van der Waals surface area contributed by atoms with E-state index < -0.39 is 0 Å². The summed E-state index contributed by atoms with van der Waals surface area (Å²) in [5.74, 6) is 0.962. The zero-order valence-electron chi connectivity index (χ0n) is 7.74. The van der Waals surface area contributed by atoms with E-state index in [0.29, 0.717) is 6.04 Å². The maximum absolute atomic E-state index is 5.24. The summed E-state index contributed by atoms with van der Waals surface area (Å²) in [4.78, 5) is 1.15. The van der Waals surface area contributed by atoms with Crippen LogP contribution in [0.1, 0.15) is 18.9 Å². The maximum Gasteiger partial charge on any atom is 0.195 e. The van der Waals surface area contributed by atoms with Crippen LogP contribution in [0.15, 0.2) is 15.9 Å². The molecule has 1 fully saturated rings. The molecule has 6 heteroatoms. The molecule has 3 nitrogen and oxygen atoms in total. The van der Waals surface area contributed by atoms with E-state index in [9.17, 15) is 0 Å². The van der Waals surface area contributed by atoms with Crippen LogP contribution in [0.25, 0.3) is 10.7 Å². The third-order valence-electron chi connectivity index (χ3n) is 2.44. The van der Waals surface area contributed by atoms with Gasteiger partial charge in [0.1, 0.15) is 0 Å². The lowest BCUT2D eigenvalue weighted by molar-refractivity contribution is 0.736. The van der Waals surface area contributed by atoms with Crippen LogP contribution in [-0.4, -0.2) is 14.8 Å². The Morgan fingerprint density at radius 3 is 3.00 bits per heavy atom. The zero-order chi connectivity index (χ0) is 10.4. The fourth-order valence-electron chi connectivity index (χ4n) is 1.59. The minimum Gasteiger partial charge on any atom is -0.296 e. The Balaban J connectivity index is 2.20. The van der Waals surface area contributed by atoms with Crippen molar-refractivity contribution < 1.29 is 0 Å². The predicted octanol–water partition coefficient (Wildman–Crippen LogP) is 3.77. The Kier molecular flexibility index (Phi) is 2.30. The Morgan fingerprint density at radius 1 is 1.60 bits per heavy atom. The summed E-state index contributed by atoms with van der Waals surface area (Å²) in [6.07, 6.45) is 2.42. The lowest BCUT2D eigenvalue weighted by Crippen LogP contribution is -1.96. The number of H-pyrrole nitrogens is 1. The van der Waals surface area contributed by atoms with Crippen LogP contribution in [-0.2, 0) is 0 Å². The molecule has 15 heavy (non-hydrogen) atoms. The summed E-state index contributed by atoms with van der Waals surface area (Å²) in [6, 6.07) is 2.59. The van der Waals surface area contributed by atoms with Gasteiger partial charge in [0, 0.05) is 10.5 Å². The average Bonchev–Trinajstić information content (AvgIpc) is 2.85. The van der Waals surface area contributed by atoms with E-state index in [1.54, 1.807) is 11.3 Å². The van der Waals surface area contributed by atoms with Gasteiger partial charge in [0.05, 0.1) is 4.88 Å². The van der Waals surface area contributed by atoms with E-state index in [0.717, 1.165) is 19.9 Å². The van der Waals surface area contributed by atoms with Gasteiger partial charge in [-0.1, -0.05) is 0 Å². The summed E-state index contributed by atoms with van der Waals surface area (Å²) in [5.41, 5.74) is 0. The summed E-state index contributed by atoms with van der Waals surface area (Å²) < 4.78 is 3.95. The van der Waals surface area contributed by atoms with Gasteiger partial charge in [0.15, 0.2) is 10.6 Å². The number of halogens is 1. The molecule has 1 N–H and O–H groups in total. The summed E-state index contributed by atoms with van der Waals surface area (Å²) >= 11 is 10.4. The second-order valence-corrected chi connectivity index (χ2v) is 5.71. The van der Waals surface area contributed by atoms with Crippen molar-refractivity contribution in [1.29, 1.82) is 0 Å². The van der Waals surface area contributed by atoms with Crippen molar-refractivity contribution in [2.45, 2.75) is 18.9 Å². The number of thiophene rings is 1. The van der Waals surface area contributed by atoms with E-state index in [1.807, 2.05) is 11.4 Å². The highest BCUT2D eigenvalue weighted by molar-refractivity contribution is 9.10. The normalized spacial score (nSPS) is 15.8. The first-order chi connectivity index (χ1) is 7.27. The number of aromatic amines is 1. The van der Waals surface area contributed by atoms with Crippen LogP contribution < -0.4 is 0 Å². The van der Waals surface area contributed by atoms with E-state index in [2.05, 4.69) is 30.7 Å². The Bertz CT molecular complexity index is 550. The molecule has 2 aromatic rings. The van der Waals surface area contributed by atoms with Crippen LogP contribution in [0, 0.1) is 4.77 Å². The molecule has 1 aliphatic carbocycles. The van der Waals surface area contributed by atoms with Crippen molar-refractivity contribution in [3.8, 4) is 10.7 Å². The van der Waals surface area contributed by atoms with Gasteiger partial charge in [0.2, 0.25) is 0 Å². The summed E-state index contributed by atoms with van der Waals surface area (Å²) in [7, 11) is 0. The van der Waals surface area contributed by atoms with Gasteiger partial charge in [-0.25, -0.2) is 0 Å². The van der Waals surface area contributed by atoms with Crippen molar-refractivity contribution in [3.63, 3.8) is 0 Å². The van der Waals surface area contributed by atoms with E-state index in [4.69, 9.17) is 12.2 Å². The minimum atomic E-state index is 0.556. The molecule has 0 unspecified atom stereocenters. The largest absolute Gasteiger partial charge is 0.296 e. The highest BCUT2D eigenvalue weighted by Crippen LogP contribution is 2.40. The molecule has 0 atom stereocenters. The van der Waals surface area contributed by atoms with Crippen molar-refractivity contribution >= 4 is 39.5 Å². The van der Waals surface area contributed by atoms with Gasteiger partial charge in [0.25, 0.3) is 0 Å². The third-order valence-corrected chi connectivity index (χ3v) is 4.56. The van der Waals surface area contributed by atoms with Gasteiger partial charge < -0.3 is 0 Å². The lowest BCUT2D eigenvalue weighted by Gasteiger charge is -2.02. The van der Waals surface area contributed by atoms with E-state index in [1.165, 1.54) is 12.8 Å². The van der Waals surface area contributed by atoms with Crippen molar-refractivity contribution in [2.24, 2.45) is 0 Å². The molecule has 0 amide bonds. The SMILES string of the molecule is S=c1[nH]nc(-c2sccc2Br)n1C1CC1. The molecule has 0 saturated heterocycles. The average molecular weight is 302 g/mol. The molecule has 0 aromatic carbocycles. The molecule has 0 spiro atoms. The van der Waals surface area contributed by atoms with Gasteiger partial charge in [-0.05, 0) is 52.4 Å². The zero-order valence-corrected chi connectivity index (χ0v) is 11.0. The molecule has 0 aliphatic heterocycles. The molecule has 2 heterocycles. The maximum atomic E-state index is 5.24. The van der Waals surface area contributed by atoms with E-state index >= 15 is 0 Å². The lowest BCUT2D eigenvalue weighted by atomic mass is 10.4. The number of nitrogens with zero attached hydrogens (tertiary/aromatic N) is 2.